The summed E-state index contributed by atoms with van der Waals surface area (Å²) >= 11 is 12.0. The Morgan fingerprint density at radius 2 is 1.79 bits per heavy atom. The Bertz CT molecular complexity index is 920. The number of nitrogens with one attached hydrogen (secondary N) is 1. The number of amides is 1. The summed E-state index contributed by atoms with van der Waals surface area (Å²) < 4.78 is 15.9. The molecule has 1 heterocycles. The molecule has 0 bridgehead atoms. The number of methoxy groups -OCH3 is 2. The van der Waals surface area contributed by atoms with Crippen LogP contribution >= 0.6 is 23.2 Å². The van der Waals surface area contributed by atoms with Gasteiger partial charge < -0.3 is 19.2 Å². The zero-order chi connectivity index (χ0) is 17.3. The first-order valence-electron chi connectivity index (χ1n) is 6.94. The number of rotatable bonds is 4. The Balaban J connectivity index is 1.92. The summed E-state index contributed by atoms with van der Waals surface area (Å²) in [6.45, 7) is 0. The molecule has 0 radical (unpaired) electrons. The van der Waals surface area contributed by atoms with Gasteiger partial charge in [-0.1, -0.05) is 23.2 Å². The number of halogens is 2. The van der Waals surface area contributed by atoms with Crippen molar-refractivity contribution >= 4 is 45.8 Å². The highest BCUT2D eigenvalue weighted by Crippen LogP contribution is 2.36. The lowest BCUT2D eigenvalue weighted by Gasteiger charge is -2.12. The van der Waals surface area contributed by atoms with E-state index in [0.29, 0.717) is 32.8 Å². The van der Waals surface area contributed by atoms with Crippen LogP contribution in [-0.2, 0) is 0 Å². The summed E-state index contributed by atoms with van der Waals surface area (Å²) in [5, 5.41) is 4.38. The van der Waals surface area contributed by atoms with Gasteiger partial charge in [0.15, 0.2) is 5.76 Å². The van der Waals surface area contributed by atoms with Gasteiger partial charge >= 0.3 is 0 Å². The first-order valence-corrected chi connectivity index (χ1v) is 7.69. The van der Waals surface area contributed by atoms with Crippen molar-refractivity contribution in [1.82, 2.24) is 0 Å². The van der Waals surface area contributed by atoms with E-state index in [1.807, 2.05) is 0 Å². The van der Waals surface area contributed by atoms with Crippen LogP contribution in [0, 0.1) is 0 Å². The van der Waals surface area contributed by atoms with Crippen molar-refractivity contribution in [1.29, 1.82) is 0 Å². The monoisotopic (exact) mass is 365 g/mol. The molecule has 0 spiro atoms. The Hall–Kier alpha value is -2.37. The van der Waals surface area contributed by atoms with Crippen LogP contribution in [0.4, 0.5) is 5.69 Å². The number of hydrogen-bond donors (Lipinski definition) is 1. The highest BCUT2D eigenvalue weighted by atomic mass is 35.5. The maximum atomic E-state index is 12.4. The van der Waals surface area contributed by atoms with Gasteiger partial charge in [-0.05, 0) is 30.3 Å². The first-order chi connectivity index (χ1) is 11.5. The van der Waals surface area contributed by atoms with Crippen LogP contribution in [-0.4, -0.2) is 20.1 Å². The molecule has 124 valence electrons. The van der Waals surface area contributed by atoms with E-state index in [1.165, 1.54) is 14.2 Å². The van der Waals surface area contributed by atoms with Gasteiger partial charge in [0.2, 0.25) is 0 Å². The van der Waals surface area contributed by atoms with Crippen LogP contribution < -0.4 is 14.8 Å². The minimum atomic E-state index is -0.429. The minimum Gasteiger partial charge on any atom is -0.495 e. The van der Waals surface area contributed by atoms with Crippen LogP contribution in [0.5, 0.6) is 11.5 Å². The molecule has 0 unspecified atom stereocenters. The Kier molecular flexibility index (Phi) is 4.55. The largest absolute Gasteiger partial charge is 0.495 e. The molecule has 7 heteroatoms. The number of fused-ring (bicyclic) bond motifs is 1. The zero-order valence-electron chi connectivity index (χ0n) is 12.9. The summed E-state index contributed by atoms with van der Waals surface area (Å²) in [5.74, 6) is 0.594. The third kappa shape index (κ3) is 3.13. The van der Waals surface area contributed by atoms with Crippen molar-refractivity contribution in [3.63, 3.8) is 0 Å². The van der Waals surface area contributed by atoms with Gasteiger partial charge in [-0.3, -0.25) is 4.79 Å². The molecule has 0 aliphatic heterocycles. The average molecular weight is 366 g/mol. The van der Waals surface area contributed by atoms with Gasteiger partial charge in [0, 0.05) is 16.5 Å². The van der Waals surface area contributed by atoms with E-state index in [2.05, 4.69) is 5.32 Å². The van der Waals surface area contributed by atoms with E-state index in [-0.39, 0.29) is 5.76 Å². The standard InChI is InChI=1S/C17H13Cl2NO4/c1-22-14-8-15(23-2)12(7-11(14)19)20-17(21)16-6-9-5-10(18)3-4-13(9)24-16/h3-8H,1-2H3,(H,20,21). The molecule has 0 saturated heterocycles. The van der Waals surface area contributed by atoms with Crippen molar-refractivity contribution in [3.05, 3.63) is 52.2 Å². The summed E-state index contributed by atoms with van der Waals surface area (Å²) in [6.07, 6.45) is 0. The fourth-order valence-electron chi connectivity index (χ4n) is 2.27. The maximum Gasteiger partial charge on any atom is 0.291 e. The predicted octanol–water partition coefficient (Wildman–Crippen LogP) is 5.01. The lowest BCUT2D eigenvalue weighted by atomic mass is 10.2. The molecule has 3 aromatic rings. The summed E-state index contributed by atoms with van der Waals surface area (Å²) in [7, 11) is 2.99. The van der Waals surface area contributed by atoms with E-state index in [1.54, 1.807) is 36.4 Å². The number of ether oxygens (including phenoxy) is 2. The molecule has 3 rings (SSSR count). The molecular formula is C17H13Cl2NO4. The second kappa shape index (κ2) is 6.63. The maximum absolute atomic E-state index is 12.4. The van der Waals surface area contributed by atoms with Crippen LogP contribution in [0.1, 0.15) is 10.6 Å². The molecule has 0 aliphatic carbocycles. The van der Waals surface area contributed by atoms with Crippen molar-refractivity contribution in [2.24, 2.45) is 0 Å². The zero-order valence-corrected chi connectivity index (χ0v) is 14.4. The smallest absolute Gasteiger partial charge is 0.291 e. The fraction of sp³-hybridized carbons (Fsp3) is 0.118. The number of benzene rings is 2. The third-order valence-electron chi connectivity index (χ3n) is 3.42. The highest BCUT2D eigenvalue weighted by molar-refractivity contribution is 6.32. The Morgan fingerprint density at radius 1 is 1.04 bits per heavy atom. The van der Waals surface area contributed by atoms with Gasteiger partial charge in [0.1, 0.15) is 17.1 Å². The summed E-state index contributed by atoms with van der Waals surface area (Å²) in [4.78, 5) is 12.4. The quantitative estimate of drug-likeness (QED) is 0.705. The lowest BCUT2D eigenvalue weighted by molar-refractivity contribution is 0.0998. The summed E-state index contributed by atoms with van der Waals surface area (Å²) in [6, 6.07) is 9.89. The van der Waals surface area contributed by atoms with Gasteiger partial charge in [-0.15, -0.1) is 0 Å². The number of furan rings is 1. The first kappa shape index (κ1) is 16.5. The molecule has 0 atom stereocenters. The number of hydrogen-bond acceptors (Lipinski definition) is 4. The van der Waals surface area contributed by atoms with E-state index < -0.39 is 5.91 Å². The topological polar surface area (TPSA) is 60.7 Å². The van der Waals surface area contributed by atoms with Gasteiger partial charge in [-0.2, -0.15) is 0 Å². The van der Waals surface area contributed by atoms with Gasteiger partial charge in [0.25, 0.3) is 5.91 Å². The molecular weight excluding hydrogens is 353 g/mol. The molecule has 2 aromatic carbocycles. The number of carbonyl (C=O) groups is 1. The number of carbonyl (C=O) groups excluding carboxylic acids is 1. The van der Waals surface area contributed by atoms with E-state index in [0.717, 1.165) is 5.39 Å². The molecule has 1 amide bonds. The van der Waals surface area contributed by atoms with Crippen LogP contribution in [0.2, 0.25) is 10.0 Å². The lowest BCUT2D eigenvalue weighted by Crippen LogP contribution is -2.11. The van der Waals surface area contributed by atoms with Crippen molar-refractivity contribution in [3.8, 4) is 11.5 Å². The average Bonchev–Trinajstić information content (AvgIpc) is 2.98. The van der Waals surface area contributed by atoms with Crippen LogP contribution in [0.3, 0.4) is 0 Å². The Labute approximate surface area is 148 Å². The Morgan fingerprint density at radius 3 is 2.50 bits per heavy atom. The molecule has 24 heavy (non-hydrogen) atoms. The van der Waals surface area contributed by atoms with E-state index in [9.17, 15) is 4.79 Å². The van der Waals surface area contributed by atoms with E-state index >= 15 is 0 Å². The normalized spacial score (nSPS) is 10.7. The van der Waals surface area contributed by atoms with Crippen molar-refractivity contribution in [2.45, 2.75) is 0 Å². The van der Waals surface area contributed by atoms with E-state index in [4.69, 9.17) is 37.1 Å². The molecule has 0 saturated carbocycles. The highest BCUT2D eigenvalue weighted by Gasteiger charge is 2.17. The van der Waals surface area contributed by atoms with Crippen LogP contribution in [0.15, 0.2) is 40.8 Å². The van der Waals surface area contributed by atoms with Gasteiger partial charge in [0.05, 0.1) is 24.9 Å². The SMILES string of the molecule is COc1cc(OC)c(NC(=O)c2cc3cc(Cl)ccc3o2)cc1Cl. The van der Waals surface area contributed by atoms with Crippen molar-refractivity contribution in [2.75, 3.05) is 19.5 Å². The summed E-state index contributed by atoms with van der Waals surface area (Å²) in [5.41, 5.74) is 0.982. The predicted molar refractivity (Wildman–Crippen MR) is 93.7 cm³/mol. The van der Waals surface area contributed by atoms with Crippen LogP contribution in [0.25, 0.3) is 11.0 Å². The third-order valence-corrected chi connectivity index (χ3v) is 3.95. The molecule has 5 nitrogen and oxygen atoms in total. The molecule has 0 fully saturated rings. The van der Waals surface area contributed by atoms with Crippen molar-refractivity contribution < 1.29 is 18.7 Å². The molecule has 1 N–H and O–H groups in total. The minimum absolute atomic E-state index is 0.154. The number of anilines is 1. The van der Waals surface area contributed by atoms with Gasteiger partial charge in [-0.25, -0.2) is 0 Å². The fourth-order valence-corrected chi connectivity index (χ4v) is 2.69. The second-order valence-electron chi connectivity index (χ2n) is 4.93. The molecule has 0 aliphatic rings. The molecule has 1 aromatic heterocycles. The second-order valence-corrected chi connectivity index (χ2v) is 5.78.